The molecule has 1 aromatic carbocycles. The van der Waals surface area contributed by atoms with Crippen molar-refractivity contribution >= 4 is 10.9 Å². The van der Waals surface area contributed by atoms with Crippen molar-refractivity contribution < 1.29 is 0 Å². The van der Waals surface area contributed by atoms with E-state index in [9.17, 15) is 0 Å². The summed E-state index contributed by atoms with van der Waals surface area (Å²) in [5.41, 5.74) is 9.05. The first-order valence-corrected chi connectivity index (χ1v) is 7.91. The van der Waals surface area contributed by atoms with E-state index < -0.39 is 0 Å². The molecule has 0 aliphatic heterocycles. The van der Waals surface area contributed by atoms with Crippen molar-refractivity contribution in [3.05, 3.63) is 42.1 Å². The molecule has 1 heterocycles. The molecular formula is C18H25N3. The molecule has 1 saturated carbocycles. The standard InChI is InChI=1S/C18H25N3/c1-21(2)18(10-4-3-5-11-18)17(19)15-9-8-14-7-6-12-20-16(14)13-15/h6-9,12-13,17H,3-5,10-11,19H2,1-2H3. The predicted octanol–water partition coefficient (Wildman–Crippen LogP) is 3.50. The van der Waals surface area contributed by atoms with Crippen LogP contribution in [0.1, 0.15) is 43.7 Å². The van der Waals surface area contributed by atoms with Crippen LogP contribution in [0.25, 0.3) is 10.9 Å². The lowest BCUT2D eigenvalue weighted by Gasteiger charge is -2.47. The Hall–Kier alpha value is -1.45. The molecule has 0 spiro atoms. The van der Waals surface area contributed by atoms with Gasteiger partial charge in [-0.3, -0.25) is 4.98 Å². The highest BCUT2D eigenvalue weighted by atomic mass is 15.2. The molecule has 1 aliphatic carbocycles. The highest BCUT2D eigenvalue weighted by molar-refractivity contribution is 5.79. The Morgan fingerprint density at radius 1 is 1.14 bits per heavy atom. The Balaban J connectivity index is 1.99. The molecule has 1 atom stereocenters. The van der Waals surface area contributed by atoms with Crippen molar-refractivity contribution in [1.29, 1.82) is 0 Å². The summed E-state index contributed by atoms with van der Waals surface area (Å²) in [5, 5.41) is 1.18. The summed E-state index contributed by atoms with van der Waals surface area (Å²) in [6, 6.07) is 10.6. The van der Waals surface area contributed by atoms with Gasteiger partial charge < -0.3 is 10.6 Å². The Labute approximate surface area is 127 Å². The van der Waals surface area contributed by atoms with Gasteiger partial charge in [0.2, 0.25) is 0 Å². The van der Waals surface area contributed by atoms with Gasteiger partial charge in [0.05, 0.1) is 5.52 Å². The lowest BCUT2D eigenvalue weighted by Crippen LogP contribution is -2.53. The molecule has 0 bridgehead atoms. The van der Waals surface area contributed by atoms with Gasteiger partial charge in [-0.1, -0.05) is 37.5 Å². The molecule has 1 unspecified atom stereocenters. The SMILES string of the molecule is CN(C)C1(C(N)c2ccc3cccnc3c2)CCCCC1. The van der Waals surface area contributed by atoms with E-state index in [1.807, 2.05) is 12.3 Å². The summed E-state index contributed by atoms with van der Waals surface area (Å²) in [5.74, 6) is 0. The first-order chi connectivity index (χ1) is 10.1. The molecule has 0 saturated heterocycles. The zero-order chi connectivity index (χ0) is 14.9. The van der Waals surface area contributed by atoms with Crippen molar-refractivity contribution in [3.63, 3.8) is 0 Å². The molecule has 1 aliphatic rings. The average molecular weight is 283 g/mol. The monoisotopic (exact) mass is 283 g/mol. The summed E-state index contributed by atoms with van der Waals surface area (Å²) in [6.07, 6.45) is 8.10. The van der Waals surface area contributed by atoms with Gasteiger partial charge in [-0.05, 0) is 44.6 Å². The summed E-state index contributed by atoms with van der Waals surface area (Å²) in [6.45, 7) is 0. The zero-order valence-electron chi connectivity index (χ0n) is 13.0. The molecule has 1 aromatic heterocycles. The molecule has 3 rings (SSSR count). The third-order valence-corrected chi connectivity index (χ3v) is 5.18. The molecule has 112 valence electrons. The van der Waals surface area contributed by atoms with Crippen molar-refractivity contribution in [1.82, 2.24) is 9.88 Å². The molecule has 1 fully saturated rings. The van der Waals surface area contributed by atoms with Crippen LogP contribution in [0, 0.1) is 0 Å². The molecule has 2 aromatic rings. The van der Waals surface area contributed by atoms with Crippen LogP contribution in [-0.2, 0) is 0 Å². The Morgan fingerprint density at radius 2 is 1.90 bits per heavy atom. The third kappa shape index (κ3) is 2.56. The normalized spacial score (nSPS) is 19.8. The maximum absolute atomic E-state index is 6.73. The van der Waals surface area contributed by atoms with E-state index in [4.69, 9.17) is 5.73 Å². The van der Waals surface area contributed by atoms with Crippen molar-refractivity contribution in [2.45, 2.75) is 43.7 Å². The summed E-state index contributed by atoms with van der Waals surface area (Å²) in [7, 11) is 4.34. The van der Waals surface area contributed by atoms with Gasteiger partial charge >= 0.3 is 0 Å². The van der Waals surface area contributed by atoms with Crippen LogP contribution in [0.2, 0.25) is 0 Å². The molecule has 3 heteroatoms. The lowest BCUT2D eigenvalue weighted by molar-refractivity contribution is 0.0714. The number of nitrogens with two attached hydrogens (primary N) is 1. The van der Waals surface area contributed by atoms with Crippen LogP contribution in [-0.4, -0.2) is 29.5 Å². The van der Waals surface area contributed by atoms with Crippen molar-refractivity contribution in [2.24, 2.45) is 5.73 Å². The number of likely N-dealkylation sites (N-methyl/N-ethyl adjacent to an activating group) is 1. The molecule has 0 radical (unpaired) electrons. The van der Waals surface area contributed by atoms with Crippen LogP contribution in [0.15, 0.2) is 36.5 Å². The number of hydrogen-bond acceptors (Lipinski definition) is 3. The van der Waals surface area contributed by atoms with Gasteiger partial charge in [0.15, 0.2) is 0 Å². The minimum absolute atomic E-state index is 0.0409. The molecule has 21 heavy (non-hydrogen) atoms. The summed E-state index contributed by atoms with van der Waals surface area (Å²) < 4.78 is 0. The largest absolute Gasteiger partial charge is 0.322 e. The fraction of sp³-hybridized carbons (Fsp3) is 0.500. The Kier molecular flexibility index (Phi) is 3.96. The van der Waals surface area contributed by atoms with E-state index in [1.54, 1.807) is 0 Å². The highest BCUT2D eigenvalue weighted by Gasteiger charge is 2.40. The van der Waals surface area contributed by atoms with E-state index >= 15 is 0 Å². The van der Waals surface area contributed by atoms with Crippen LogP contribution in [0.5, 0.6) is 0 Å². The van der Waals surface area contributed by atoms with Crippen LogP contribution in [0.4, 0.5) is 0 Å². The quantitative estimate of drug-likeness (QED) is 0.937. The first-order valence-electron chi connectivity index (χ1n) is 7.91. The number of hydrogen-bond donors (Lipinski definition) is 1. The predicted molar refractivity (Wildman–Crippen MR) is 88.2 cm³/mol. The van der Waals surface area contributed by atoms with E-state index in [2.05, 4.69) is 48.2 Å². The smallest absolute Gasteiger partial charge is 0.0705 e. The van der Waals surface area contributed by atoms with Gasteiger partial charge in [-0.15, -0.1) is 0 Å². The second-order valence-corrected chi connectivity index (χ2v) is 6.49. The van der Waals surface area contributed by atoms with E-state index in [0.717, 1.165) is 5.52 Å². The zero-order valence-corrected chi connectivity index (χ0v) is 13.0. The Bertz CT molecular complexity index is 615. The van der Waals surface area contributed by atoms with Gasteiger partial charge in [0, 0.05) is 23.2 Å². The second kappa shape index (κ2) is 5.74. The molecule has 0 amide bonds. The van der Waals surface area contributed by atoms with E-state index in [-0.39, 0.29) is 11.6 Å². The van der Waals surface area contributed by atoms with Crippen molar-refractivity contribution in [3.8, 4) is 0 Å². The van der Waals surface area contributed by atoms with Gasteiger partial charge in [0.1, 0.15) is 0 Å². The number of fused-ring (bicyclic) bond motifs is 1. The number of aromatic nitrogens is 1. The minimum atomic E-state index is 0.0409. The minimum Gasteiger partial charge on any atom is -0.322 e. The van der Waals surface area contributed by atoms with Crippen molar-refractivity contribution in [2.75, 3.05) is 14.1 Å². The Morgan fingerprint density at radius 3 is 2.62 bits per heavy atom. The maximum Gasteiger partial charge on any atom is 0.0705 e. The highest BCUT2D eigenvalue weighted by Crippen LogP contribution is 2.41. The van der Waals surface area contributed by atoms with Gasteiger partial charge in [0.25, 0.3) is 0 Å². The number of nitrogens with zero attached hydrogens (tertiary/aromatic N) is 2. The lowest BCUT2D eigenvalue weighted by atomic mass is 9.73. The molecule has 2 N–H and O–H groups in total. The molecule has 3 nitrogen and oxygen atoms in total. The van der Waals surface area contributed by atoms with E-state index in [0.29, 0.717) is 0 Å². The molecular weight excluding hydrogens is 258 g/mol. The van der Waals surface area contributed by atoms with Crippen LogP contribution in [0.3, 0.4) is 0 Å². The second-order valence-electron chi connectivity index (χ2n) is 6.49. The number of benzene rings is 1. The third-order valence-electron chi connectivity index (χ3n) is 5.18. The first kappa shape index (κ1) is 14.5. The van der Waals surface area contributed by atoms with Gasteiger partial charge in [-0.2, -0.15) is 0 Å². The van der Waals surface area contributed by atoms with Crippen LogP contribution < -0.4 is 5.73 Å². The number of rotatable bonds is 3. The summed E-state index contributed by atoms with van der Waals surface area (Å²) >= 11 is 0. The topological polar surface area (TPSA) is 42.1 Å². The average Bonchev–Trinajstić information content (AvgIpc) is 2.54. The fourth-order valence-electron chi connectivity index (χ4n) is 3.79. The van der Waals surface area contributed by atoms with E-state index in [1.165, 1.54) is 43.1 Å². The maximum atomic E-state index is 6.73. The number of pyridine rings is 1. The summed E-state index contributed by atoms with van der Waals surface area (Å²) in [4.78, 5) is 6.81. The van der Waals surface area contributed by atoms with Gasteiger partial charge in [-0.25, -0.2) is 0 Å². The van der Waals surface area contributed by atoms with Crippen LogP contribution >= 0.6 is 0 Å². The fourth-order valence-corrected chi connectivity index (χ4v) is 3.79.